The van der Waals surface area contributed by atoms with E-state index in [1.807, 2.05) is 0 Å². The lowest BCUT2D eigenvalue weighted by Gasteiger charge is -2.16. The van der Waals surface area contributed by atoms with Crippen LogP contribution in [-0.2, 0) is 9.53 Å². The van der Waals surface area contributed by atoms with Crippen molar-refractivity contribution in [3.05, 3.63) is 23.8 Å². The molecular formula is C13H19NO5. The molecule has 0 heterocycles. The number of rotatable bonds is 8. The Morgan fingerprint density at radius 2 is 1.95 bits per heavy atom. The predicted molar refractivity (Wildman–Crippen MR) is 69.8 cm³/mol. The number of carbonyl (C=O) groups is 1. The van der Waals surface area contributed by atoms with Gasteiger partial charge < -0.3 is 19.3 Å². The minimum absolute atomic E-state index is 0.442. The zero-order valence-electron chi connectivity index (χ0n) is 11.3. The minimum atomic E-state index is -0.955. The highest BCUT2D eigenvalue weighted by Gasteiger charge is 2.20. The van der Waals surface area contributed by atoms with Gasteiger partial charge in [0.1, 0.15) is 6.04 Å². The monoisotopic (exact) mass is 269 g/mol. The fraction of sp³-hybridized carbons (Fsp3) is 0.462. The third-order valence-electron chi connectivity index (χ3n) is 2.64. The second-order valence-corrected chi connectivity index (χ2v) is 3.83. The van der Waals surface area contributed by atoms with Gasteiger partial charge in [-0.25, -0.2) is 0 Å². The number of carboxylic acids is 1. The van der Waals surface area contributed by atoms with Crippen molar-refractivity contribution in [1.82, 2.24) is 5.32 Å². The van der Waals surface area contributed by atoms with Crippen molar-refractivity contribution in [3.63, 3.8) is 0 Å². The molecule has 0 aliphatic heterocycles. The molecule has 6 heteroatoms. The van der Waals surface area contributed by atoms with Crippen LogP contribution in [0, 0.1) is 0 Å². The maximum absolute atomic E-state index is 11.3. The van der Waals surface area contributed by atoms with Gasteiger partial charge in [0.15, 0.2) is 11.5 Å². The highest BCUT2D eigenvalue weighted by molar-refractivity contribution is 5.76. The van der Waals surface area contributed by atoms with Gasteiger partial charge in [-0.3, -0.25) is 10.1 Å². The maximum Gasteiger partial charge on any atom is 0.325 e. The molecule has 0 aliphatic rings. The number of benzene rings is 1. The van der Waals surface area contributed by atoms with E-state index >= 15 is 0 Å². The first-order chi connectivity index (χ1) is 9.13. The molecule has 0 aromatic heterocycles. The summed E-state index contributed by atoms with van der Waals surface area (Å²) in [7, 11) is 4.60. The molecule has 0 amide bonds. The first kappa shape index (κ1) is 15.3. The summed E-state index contributed by atoms with van der Waals surface area (Å²) in [6, 6.07) is 4.22. The zero-order chi connectivity index (χ0) is 14.3. The van der Waals surface area contributed by atoms with Crippen LogP contribution in [0.5, 0.6) is 11.5 Å². The summed E-state index contributed by atoms with van der Waals surface area (Å²) < 4.78 is 15.2. The quantitative estimate of drug-likeness (QED) is 0.687. The number of methoxy groups -OCH3 is 3. The smallest absolute Gasteiger partial charge is 0.325 e. The molecule has 0 bridgehead atoms. The Labute approximate surface area is 112 Å². The SMILES string of the molecule is COCCNC(C(=O)O)c1ccc(OC)c(OC)c1. The predicted octanol–water partition coefficient (Wildman–Crippen LogP) is 1.07. The number of hydrogen-bond donors (Lipinski definition) is 2. The normalized spacial score (nSPS) is 11.9. The van der Waals surface area contributed by atoms with Gasteiger partial charge in [0.2, 0.25) is 0 Å². The van der Waals surface area contributed by atoms with Crippen molar-refractivity contribution in [2.75, 3.05) is 34.5 Å². The number of nitrogens with one attached hydrogen (secondary N) is 1. The van der Waals surface area contributed by atoms with E-state index in [0.29, 0.717) is 30.2 Å². The van der Waals surface area contributed by atoms with Gasteiger partial charge in [-0.15, -0.1) is 0 Å². The summed E-state index contributed by atoms with van der Waals surface area (Å²) in [4.78, 5) is 11.3. The Morgan fingerprint density at radius 3 is 2.47 bits per heavy atom. The van der Waals surface area contributed by atoms with Crippen LogP contribution < -0.4 is 14.8 Å². The van der Waals surface area contributed by atoms with E-state index in [4.69, 9.17) is 14.2 Å². The second kappa shape index (κ2) is 7.60. The van der Waals surface area contributed by atoms with E-state index in [-0.39, 0.29) is 0 Å². The topological polar surface area (TPSA) is 77.0 Å². The number of hydrogen-bond acceptors (Lipinski definition) is 5. The van der Waals surface area contributed by atoms with Gasteiger partial charge in [0, 0.05) is 13.7 Å². The lowest BCUT2D eigenvalue weighted by Crippen LogP contribution is -2.31. The van der Waals surface area contributed by atoms with E-state index in [9.17, 15) is 9.90 Å². The van der Waals surface area contributed by atoms with Gasteiger partial charge >= 0.3 is 5.97 Å². The summed E-state index contributed by atoms with van der Waals surface area (Å²) in [6.45, 7) is 0.888. The zero-order valence-corrected chi connectivity index (χ0v) is 11.3. The van der Waals surface area contributed by atoms with Gasteiger partial charge in [-0.1, -0.05) is 6.07 Å². The van der Waals surface area contributed by atoms with Gasteiger partial charge in [-0.2, -0.15) is 0 Å². The molecule has 6 nitrogen and oxygen atoms in total. The van der Waals surface area contributed by atoms with Gasteiger partial charge in [0.05, 0.1) is 20.8 Å². The van der Waals surface area contributed by atoms with Crippen molar-refractivity contribution in [1.29, 1.82) is 0 Å². The Kier molecular flexibility index (Phi) is 6.11. The molecular weight excluding hydrogens is 250 g/mol. The first-order valence-corrected chi connectivity index (χ1v) is 5.81. The molecule has 1 unspecified atom stereocenters. The molecule has 1 aromatic rings. The van der Waals surface area contributed by atoms with E-state index in [0.717, 1.165) is 0 Å². The molecule has 0 saturated heterocycles. The third-order valence-corrected chi connectivity index (χ3v) is 2.64. The van der Waals surface area contributed by atoms with Crippen LogP contribution in [0.1, 0.15) is 11.6 Å². The molecule has 106 valence electrons. The maximum atomic E-state index is 11.3. The van der Waals surface area contributed by atoms with Crippen molar-refractivity contribution in [2.45, 2.75) is 6.04 Å². The Hall–Kier alpha value is -1.79. The third kappa shape index (κ3) is 4.11. The second-order valence-electron chi connectivity index (χ2n) is 3.83. The number of ether oxygens (including phenoxy) is 3. The molecule has 1 atom stereocenters. The molecule has 0 radical (unpaired) electrons. The highest BCUT2D eigenvalue weighted by atomic mass is 16.5. The van der Waals surface area contributed by atoms with E-state index < -0.39 is 12.0 Å². The minimum Gasteiger partial charge on any atom is -0.493 e. The van der Waals surface area contributed by atoms with Crippen LogP contribution in [0.3, 0.4) is 0 Å². The first-order valence-electron chi connectivity index (χ1n) is 5.81. The molecule has 0 fully saturated rings. The molecule has 1 rings (SSSR count). The van der Waals surface area contributed by atoms with Crippen LogP contribution in [0.2, 0.25) is 0 Å². The van der Waals surface area contributed by atoms with Gasteiger partial charge in [0.25, 0.3) is 0 Å². The van der Waals surface area contributed by atoms with Crippen LogP contribution in [0.4, 0.5) is 0 Å². The summed E-state index contributed by atoms with van der Waals surface area (Å²) in [5, 5.41) is 12.1. The number of aliphatic carboxylic acids is 1. The fourth-order valence-corrected chi connectivity index (χ4v) is 1.69. The van der Waals surface area contributed by atoms with Crippen molar-refractivity contribution in [3.8, 4) is 11.5 Å². The summed E-state index contributed by atoms with van der Waals surface area (Å²) in [5.41, 5.74) is 0.598. The van der Waals surface area contributed by atoms with Crippen molar-refractivity contribution in [2.24, 2.45) is 0 Å². The van der Waals surface area contributed by atoms with Crippen LogP contribution in [-0.4, -0.2) is 45.6 Å². The van der Waals surface area contributed by atoms with Crippen LogP contribution in [0.25, 0.3) is 0 Å². The Balaban J connectivity index is 2.92. The average molecular weight is 269 g/mol. The van der Waals surface area contributed by atoms with Crippen LogP contribution in [0.15, 0.2) is 18.2 Å². The molecule has 19 heavy (non-hydrogen) atoms. The Bertz CT molecular complexity index is 421. The lowest BCUT2D eigenvalue weighted by atomic mass is 10.1. The largest absolute Gasteiger partial charge is 0.493 e. The summed E-state index contributed by atoms with van der Waals surface area (Å²) >= 11 is 0. The van der Waals surface area contributed by atoms with Gasteiger partial charge in [-0.05, 0) is 17.7 Å². The lowest BCUT2D eigenvalue weighted by molar-refractivity contribution is -0.139. The average Bonchev–Trinajstić information content (AvgIpc) is 2.42. The van der Waals surface area contributed by atoms with E-state index in [2.05, 4.69) is 5.32 Å². The summed E-state index contributed by atoms with van der Waals surface area (Å²) in [6.07, 6.45) is 0. The van der Waals surface area contributed by atoms with E-state index in [1.54, 1.807) is 25.3 Å². The van der Waals surface area contributed by atoms with Crippen LogP contribution >= 0.6 is 0 Å². The molecule has 0 saturated carbocycles. The molecule has 0 spiro atoms. The molecule has 2 N–H and O–H groups in total. The molecule has 0 aliphatic carbocycles. The standard InChI is InChI=1S/C13H19NO5/c1-17-7-6-14-12(13(15)16)9-4-5-10(18-2)11(8-9)19-3/h4-5,8,12,14H,6-7H2,1-3H3,(H,15,16). The summed E-state index contributed by atoms with van der Waals surface area (Å²) in [5.74, 6) is 0.107. The Morgan fingerprint density at radius 1 is 1.26 bits per heavy atom. The van der Waals surface area contributed by atoms with Crippen molar-refractivity contribution >= 4 is 5.97 Å². The molecule has 1 aromatic carbocycles. The van der Waals surface area contributed by atoms with Crippen molar-refractivity contribution < 1.29 is 24.1 Å². The fourth-order valence-electron chi connectivity index (χ4n) is 1.69. The number of carboxylic acid groups (broad SMARTS) is 1. The van der Waals surface area contributed by atoms with E-state index in [1.165, 1.54) is 14.2 Å². The highest BCUT2D eigenvalue weighted by Crippen LogP contribution is 2.30.